The largest absolute Gasteiger partial charge is 0.435 e. The predicted molar refractivity (Wildman–Crippen MR) is 82.1 cm³/mol. The lowest BCUT2D eigenvalue weighted by Gasteiger charge is -2.10. The third-order valence-corrected chi connectivity index (χ3v) is 3.13. The van der Waals surface area contributed by atoms with Crippen LogP contribution in [0, 0.1) is 0 Å². The Bertz CT molecular complexity index is 670. The van der Waals surface area contributed by atoms with Crippen molar-refractivity contribution in [2.24, 2.45) is 0 Å². The van der Waals surface area contributed by atoms with Gasteiger partial charge in [-0.3, -0.25) is 4.79 Å². The summed E-state index contributed by atoms with van der Waals surface area (Å²) in [5, 5.41) is 0. The van der Waals surface area contributed by atoms with Gasteiger partial charge in [0, 0.05) is 11.1 Å². The quantitative estimate of drug-likeness (QED) is 0.576. The summed E-state index contributed by atoms with van der Waals surface area (Å²) in [5.74, 6) is -0.111. The molecule has 0 spiro atoms. The van der Waals surface area contributed by atoms with Crippen molar-refractivity contribution >= 4 is 11.4 Å². The Morgan fingerprint density at radius 2 is 1.50 bits per heavy atom. The Labute approximate surface area is 128 Å². The van der Waals surface area contributed by atoms with Crippen LogP contribution in [0.1, 0.15) is 29.8 Å². The lowest BCUT2D eigenvalue weighted by molar-refractivity contribution is -0.0498. The SMILES string of the molecule is CC(C)=C(C(=O)c1ccc(OC(F)F)cc1)c1ccccc1. The summed E-state index contributed by atoms with van der Waals surface area (Å²) >= 11 is 0. The number of ether oxygens (including phenoxy) is 1. The van der Waals surface area contributed by atoms with E-state index in [4.69, 9.17) is 0 Å². The maximum Gasteiger partial charge on any atom is 0.387 e. The molecule has 0 atom stereocenters. The van der Waals surface area contributed by atoms with Gasteiger partial charge in [-0.25, -0.2) is 0 Å². The number of alkyl halides is 2. The first kappa shape index (κ1) is 15.9. The van der Waals surface area contributed by atoms with Crippen molar-refractivity contribution < 1.29 is 18.3 Å². The van der Waals surface area contributed by atoms with E-state index in [0.717, 1.165) is 11.1 Å². The van der Waals surface area contributed by atoms with E-state index in [-0.39, 0.29) is 11.5 Å². The van der Waals surface area contributed by atoms with E-state index in [1.54, 1.807) is 0 Å². The van der Waals surface area contributed by atoms with Gasteiger partial charge in [0.15, 0.2) is 5.78 Å². The highest BCUT2D eigenvalue weighted by Crippen LogP contribution is 2.24. The van der Waals surface area contributed by atoms with Gasteiger partial charge in [0.1, 0.15) is 5.75 Å². The molecule has 2 rings (SSSR count). The van der Waals surface area contributed by atoms with Crippen molar-refractivity contribution in [1.82, 2.24) is 0 Å². The van der Waals surface area contributed by atoms with Crippen LogP contribution in [0.2, 0.25) is 0 Å². The summed E-state index contributed by atoms with van der Waals surface area (Å²) in [5.41, 5.74) is 2.77. The van der Waals surface area contributed by atoms with E-state index in [9.17, 15) is 13.6 Å². The van der Waals surface area contributed by atoms with E-state index >= 15 is 0 Å². The number of allylic oxidation sites excluding steroid dienone is 2. The molecule has 0 amide bonds. The molecule has 0 N–H and O–H groups in total. The van der Waals surface area contributed by atoms with Crippen LogP contribution in [0.4, 0.5) is 8.78 Å². The Morgan fingerprint density at radius 1 is 0.909 bits per heavy atom. The lowest BCUT2D eigenvalue weighted by Crippen LogP contribution is -2.05. The smallest absolute Gasteiger partial charge is 0.387 e. The van der Waals surface area contributed by atoms with E-state index < -0.39 is 6.61 Å². The number of benzene rings is 2. The number of rotatable bonds is 5. The Morgan fingerprint density at radius 3 is 2.00 bits per heavy atom. The first-order valence-electron chi connectivity index (χ1n) is 6.81. The molecule has 0 aliphatic heterocycles. The van der Waals surface area contributed by atoms with Crippen LogP contribution in [-0.2, 0) is 0 Å². The minimum atomic E-state index is -2.88. The molecular formula is C18H16F2O2. The average Bonchev–Trinajstić information content (AvgIpc) is 2.48. The molecule has 0 unspecified atom stereocenters. The third kappa shape index (κ3) is 3.79. The normalized spacial score (nSPS) is 10.4. The number of carbonyl (C=O) groups is 1. The van der Waals surface area contributed by atoms with Crippen LogP contribution in [0.25, 0.3) is 5.57 Å². The highest BCUT2D eigenvalue weighted by Gasteiger charge is 2.16. The van der Waals surface area contributed by atoms with E-state index in [0.29, 0.717) is 11.1 Å². The molecule has 0 radical (unpaired) electrons. The molecule has 0 aromatic heterocycles. The van der Waals surface area contributed by atoms with Crippen molar-refractivity contribution in [1.29, 1.82) is 0 Å². The van der Waals surface area contributed by atoms with Gasteiger partial charge in [-0.15, -0.1) is 0 Å². The van der Waals surface area contributed by atoms with Crippen LogP contribution in [0.15, 0.2) is 60.2 Å². The second-order valence-electron chi connectivity index (χ2n) is 4.97. The summed E-state index contributed by atoms with van der Waals surface area (Å²) in [6.07, 6.45) is 0. The zero-order chi connectivity index (χ0) is 16.1. The molecule has 0 bridgehead atoms. The zero-order valence-corrected chi connectivity index (χ0v) is 12.3. The number of hydrogen-bond donors (Lipinski definition) is 0. The summed E-state index contributed by atoms with van der Waals surface area (Å²) in [7, 11) is 0. The van der Waals surface area contributed by atoms with Gasteiger partial charge in [0.2, 0.25) is 0 Å². The molecular weight excluding hydrogens is 286 g/mol. The van der Waals surface area contributed by atoms with Gasteiger partial charge in [-0.05, 0) is 43.7 Å². The van der Waals surface area contributed by atoms with Gasteiger partial charge in [-0.1, -0.05) is 35.9 Å². The second kappa shape index (κ2) is 6.98. The van der Waals surface area contributed by atoms with Crippen LogP contribution in [-0.4, -0.2) is 12.4 Å². The van der Waals surface area contributed by atoms with Crippen molar-refractivity contribution in [3.05, 3.63) is 71.3 Å². The molecule has 4 heteroatoms. The van der Waals surface area contributed by atoms with E-state index in [1.807, 2.05) is 44.2 Å². The molecule has 2 aromatic carbocycles. The maximum absolute atomic E-state index is 12.7. The number of carbonyl (C=O) groups excluding carboxylic acids is 1. The van der Waals surface area contributed by atoms with Crippen LogP contribution < -0.4 is 4.74 Å². The highest BCUT2D eigenvalue weighted by molar-refractivity contribution is 6.29. The molecule has 114 valence electrons. The maximum atomic E-state index is 12.7. The highest BCUT2D eigenvalue weighted by atomic mass is 19.3. The van der Waals surface area contributed by atoms with Gasteiger partial charge < -0.3 is 4.74 Å². The minimum Gasteiger partial charge on any atom is -0.435 e. The summed E-state index contributed by atoms with van der Waals surface area (Å²) in [4.78, 5) is 12.7. The summed E-state index contributed by atoms with van der Waals surface area (Å²) in [6.45, 7) is 0.863. The fourth-order valence-corrected chi connectivity index (χ4v) is 2.18. The van der Waals surface area contributed by atoms with Crippen LogP contribution >= 0.6 is 0 Å². The molecule has 2 aromatic rings. The first-order chi connectivity index (χ1) is 10.5. The van der Waals surface area contributed by atoms with Crippen molar-refractivity contribution in [2.75, 3.05) is 0 Å². The fraction of sp³-hybridized carbons (Fsp3) is 0.167. The van der Waals surface area contributed by atoms with Gasteiger partial charge in [0.05, 0.1) is 0 Å². The third-order valence-electron chi connectivity index (χ3n) is 3.13. The van der Waals surface area contributed by atoms with Crippen LogP contribution in [0.3, 0.4) is 0 Å². The summed E-state index contributed by atoms with van der Waals surface area (Å²) in [6, 6.07) is 15.1. The number of ketones is 1. The van der Waals surface area contributed by atoms with E-state index in [1.165, 1.54) is 24.3 Å². The molecule has 0 fully saturated rings. The molecule has 2 nitrogen and oxygen atoms in total. The average molecular weight is 302 g/mol. The summed E-state index contributed by atoms with van der Waals surface area (Å²) < 4.78 is 28.6. The van der Waals surface area contributed by atoms with Gasteiger partial charge in [-0.2, -0.15) is 8.78 Å². The molecule has 0 heterocycles. The molecule has 0 aliphatic carbocycles. The number of Topliss-reactive ketones (excluding diaryl/α,β-unsaturated/α-hetero) is 1. The zero-order valence-electron chi connectivity index (χ0n) is 12.3. The van der Waals surface area contributed by atoms with Crippen molar-refractivity contribution in [2.45, 2.75) is 20.5 Å². The Kier molecular flexibility index (Phi) is 5.04. The number of hydrogen-bond acceptors (Lipinski definition) is 2. The number of halogens is 2. The van der Waals surface area contributed by atoms with Crippen LogP contribution in [0.5, 0.6) is 5.75 Å². The monoisotopic (exact) mass is 302 g/mol. The topological polar surface area (TPSA) is 26.3 Å². The molecule has 0 aliphatic rings. The standard InChI is InChI=1S/C18H16F2O2/c1-12(2)16(13-6-4-3-5-7-13)17(21)14-8-10-15(11-9-14)22-18(19)20/h3-11,18H,1-2H3. The lowest BCUT2D eigenvalue weighted by atomic mass is 9.93. The second-order valence-corrected chi connectivity index (χ2v) is 4.97. The van der Waals surface area contributed by atoms with Crippen molar-refractivity contribution in [3.63, 3.8) is 0 Å². The molecule has 0 saturated carbocycles. The van der Waals surface area contributed by atoms with Crippen molar-refractivity contribution in [3.8, 4) is 5.75 Å². The minimum absolute atomic E-state index is 0.0324. The Hall–Kier alpha value is -2.49. The van der Waals surface area contributed by atoms with Gasteiger partial charge >= 0.3 is 6.61 Å². The predicted octanol–water partition coefficient (Wildman–Crippen LogP) is 4.96. The molecule has 22 heavy (non-hydrogen) atoms. The van der Waals surface area contributed by atoms with Gasteiger partial charge in [0.25, 0.3) is 0 Å². The first-order valence-corrected chi connectivity index (χ1v) is 6.81. The molecule has 0 saturated heterocycles. The Balaban J connectivity index is 2.31. The van der Waals surface area contributed by atoms with E-state index in [2.05, 4.69) is 4.74 Å². The fourth-order valence-electron chi connectivity index (χ4n) is 2.18.